The summed E-state index contributed by atoms with van der Waals surface area (Å²) in [6, 6.07) is 4.54. The zero-order valence-corrected chi connectivity index (χ0v) is 10.4. The number of phenolic OH excluding ortho intramolecular Hbond substituents is 2. The molecule has 1 aromatic rings. The molecule has 0 saturated carbocycles. The van der Waals surface area contributed by atoms with Crippen LogP contribution in [0.25, 0.3) is 0 Å². The normalized spacial score (nSPS) is 10.7. The Kier molecular flexibility index (Phi) is 5.77. The summed E-state index contributed by atoms with van der Waals surface area (Å²) in [5.74, 6) is -0.675. The van der Waals surface area contributed by atoms with Gasteiger partial charge in [-0.1, -0.05) is 25.5 Å². The molecule has 0 amide bonds. The topological polar surface area (TPSA) is 66.8 Å². The number of carbonyl (C=O) groups excluding carboxylic acids is 1. The van der Waals surface area contributed by atoms with Gasteiger partial charge in [0.05, 0.1) is 6.61 Å². The van der Waals surface area contributed by atoms with Gasteiger partial charge in [0.15, 0.2) is 11.5 Å². The molecular formula is C14H18O4. The van der Waals surface area contributed by atoms with E-state index in [1.807, 2.05) is 6.92 Å². The highest BCUT2D eigenvalue weighted by molar-refractivity contribution is 5.81. The Morgan fingerprint density at radius 1 is 1.33 bits per heavy atom. The molecule has 0 saturated heterocycles. The molecule has 98 valence electrons. The maximum atomic E-state index is 11.2. The molecule has 0 heterocycles. The standard InChI is InChI=1S/C14H18O4/c1-2-3-4-5-14(17)18-9-8-11-6-7-12(15)13(16)10-11/h4-7,10,15-16H,2-3,8-9H2,1H3. The minimum absolute atomic E-state index is 0.154. The predicted octanol–water partition coefficient (Wildman–Crippen LogP) is 2.54. The smallest absolute Gasteiger partial charge is 0.330 e. The van der Waals surface area contributed by atoms with E-state index in [0.29, 0.717) is 6.42 Å². The Labute approximate surface area is 107 Å². The minimum atomic E-state index is -0.355. The first-order valence-corrected chi connectivity index (χ1v) is 5.97. The van der Waals surface area contributed by atoms with Crippen molar-refractivity contribution in [2.75, 3.05) is 6.61 Å². The van der Waals surface area contributed by atoms with Crippen LogP contribution in [0.1, 0.15) is 25.3 Å². The summed E-state index contributed by atoms with van der Waals surface area (Å²) in [4.78, 5) is 11.2. The quantitative estimate of drug-likeness (QED) is 0.462. The van der Waals surface area contributed by atoms with E-state index in [9.17, 15) is 9.90 Å². The highest BCUT2D eigenvalue weighted by Gasteiger charge is 2.02. The van der Waals surface area contributed by atoms with Crippen LogP contribution in [0.15, 0.2) is 30.4 Å². The van der Waals surface area contributed by atoms with E-state index in [0.717, 1.165) is 18.4 Å². The van der Waals surface area contributed by atoms with Crippen molar-refractivity contribution < 1.29 is 19.7 Å². The van der Waals surface area contributed by atoms with Crippen LogP contribution in [-0.4, -0.2) is 22.8 Å². The first-order valence-electron chi connectivity index (χ1n) is 5.97. The van der Waals surface area contributed by atoms with Crippen molar-refractivity contribution in [2.45, 2.75) is 26.2 Å². The van der Waals surface area contributed by atoms with E-state index >= 15 is 0 Å². The van der Waals surface area contributed by atoms with Crippen LogP contribution in [0.4, 0.5) is 0 Å². The molecule has 0 atom stereocenters. The van der Waals surface area contributed by atoms with E-state index in [1.54, 1.807) is 12.1 Å². The molecule has 0 spiro atoms. The SMILES string of the molecule is CCCC=CC(=O)OCCc1ccc(O)c(O)c1. The van der Waals surface area contributed by atoms with Crippen molar-refractivity contribution in [1.29, 1.82) is 0 Å². The third kappa shape index (κ3) is 4.91. The van der Waals surface area contributed by atoms with Gasteiger partial charge in [-0.25, -0.2) is 4.79 Å². The number of allylic oxidation sites excluding steroid dienone is 1. The van der Waals surface area contributed by atoms with Gasteiger partial charge < -0.3 is 14.9 Å². The summed E-state index contributed by atoms with van der Waals surface area (Å²) < 4.78 is 4.99. The number of ether oxygens (including phenoxy) is 1. The molecule has 0 aliphatic heterocycles. The number of hydrogen-bond donors (Lipinski definition) is 2. The third-order valence-electron chi connectivity index (χ3n) is 2.38. The second kappa shape index (κ2) is 7.37. The van der Waals surface area contributed by atoms with Crippen molar-refractivity contribution in [3.05, 3.63) is 35.9 Å². The average Bonchev–Trinajstić information content (AvgIpc) is 2.34. The first kappa shape index (κ1) is 14.1. The lowest BCUT2D eigenvalue weighted by molar-refractivity contribution is -0.137. The molecule has 0 aliphatic rings. The van der Waals surface area contributed by atoms with Gasteiger partial charge in [0.25, 0.3) is 0 Å². The summed E-state index contributed by atoms with van der Waals surface area (Å²) in [5.41, 5.74) is 0.802. The zero-order valence-electron chi connectivity index (χ0n) is 10.4. The van der Waals surface area contributed by atoms with Crippen molar-refractivity contribution in [3.8, 4) is 11.5 Å². The monoisotopic (exact) mass is 250 g/mol. The lowest BCUT2D eigenvalue weighted by Gasteiger charge is -2.04. The number of benzene rings is 1. The van der Waals surface area contributed by atoms with Gasteiger partial charge in [0.2, 0.25) is 0 Å². The predicted molar refractivity (Wildman–Crippen MR) is 68.5 cm³/mol. The van der Waals surface area contributed by atoms with Crippen LogP contribution in [0, 0.1) is 0 Å². The zero-order chi connectivity index (χ0) is 13.4. The molecule has 4 nitrogen and oxygen atoms in total. The maximum Gasteiger partial charge on any atom is 0.330 e. The highest BCUT2D eigenvalue weighted by Crippen LogP contribution is 2.24. The molecule has 0 unspecified atom stereocenters. The fourth-order valence-electron chi connectivity index (χ4n) is 1.39. The molecule has 0 aliphatic carbocycles. The summed E-state index contributed by atoms with van der Waals surface area (Å²) in [5, 5.41) is 18.4. The van der Waals surface area contributed by atoms with Gasteiger partial charge in [0.1, 0.15) is 0 Å². The average molecular weight is 250 g/mol. The van der Waals surface area contributed by atoms with Crippen molar-refractivity contribution in [2.24, 2.45) is 0 Å². The number of esters is 1. The Hall–Kier alpha value is -1.97. The highest BCUT2D eigenvalue weighted by atomic mass is 16.5. The van der Waals surface area contributed by atoms with Crippen LogP contribution in [0.5, 0.6) is 11.5 Å². The van der Waals surface area contributed by atoms with Gasteiger partial charge >= 0.3 is 5.97 Å². The summed E-state index contributed by atoms with van der Waals surface area (Å²) in [6.07, 6.45) is 5.57. The van der Waals surface area contributed by atoms with Crippen molar-refractivity contribution in [1.82, 2.24) is 0 Å². The number of unbranched alkanes of at least 4 members (excludes halogenated alkanes) is 1. The lowest BCUT2D eigenvalue weighted by atomic mass is 10.1. The molecule has 0 radical (unpaired) electrons. The fraction of sp³-hybridized carbons (Fsp3) is 0.357. The molecule has 1 aromatic carbocycles. The van der Waals surface area contributed by atoms with Gasteiger partial charge in [-0.15, -0.1) is 0 Å². The van der Waals surface area contributed by atoms with E-state index in [4.69, 9.17) is 9.84 Å². The Morgan fingerprint density at radius 3 is 2.78 bits per heavy atom. The summed E-state index contributed by atoms with van der Waals surface area (Å²) in [7, 11) is 0. The van der Waals surface area contributed by atoms with Gasteiger partial charge in [-0.2, -0.15) is 0 Å². The summed E-state index contributed by atoms with van der Waals surface area (Å²) >= 11 is 0. The van der Waals surface area contributed by atoms with Crippen LogP contribution >= 0.6 is 0 Å². The van der Waals surface area contributed by atoms with E-state index in [2.05, 4.69) is 0 Å². The Bertz CT molecular complexity index is 424. The lowest BCUT2D eigenvalue weighted by Crippen LogP contribution is -2.04. The minimum Gasteiger partial charge on any atom is -0.504 e. The van der Waals surface area contributed by atoms with Crippen molar-refractivity contribution >= 4 is 5.97 Å². The Morgan fingerprint density at radius 2 is 2.11 bits per heavy atom. The van der Waals surface area contributed by atoms with E-state index < -0.39 is 0 Å². The second-order valence-corrected chi connectivity index (χ2v) is 3.93. The largest absolute Gasteiger partial charge is 0.504 e. The van der Waals surface area contributed by atoms with Crippen LogP contribution in [0.3, 0.4) is 0 Å². The summed E-state index contributed by atoms with van der Waals surface area (Å²) in [6.45, 7) is 2.28. The molecule has 1 rings (SSSR count). The van der Waals surface area contributed by atoms with Crippen molar-refractivity contribution in [3.63, 3.8) is 0 Å². The fourth-order valence-corrected chi connectivity index (χ4v) is 1.39. The van der Waals surface area contributed by atoms with Gasteiger partial charge in [-0.3, -0.25) is 0 Å². The molecule has 0 fully saturated rings. The molecule has 0 aromatic heterocycles. The third-order valence-corrected chi connectivity index (χ3v) is 2.38. The van der Waals surface area contributed by atoms with Crippen LogP contribution in [0.2, 0.25) is 0 Å². The first-order chi connectivity index (χ1) is 8.63. The molecule has 2 N–H and O–H groups in total. The number of hydrogen-bond acceptors (Lipinski definition) is 4. The van der Waals surface area contributed by atoms with E-state index in [-0.39, 0.29) is 24.1 Å². The van der Waals surface area contributed by atoms with Crippen LogP contribution in [-0.2, 0) is 16.0 Å². The molecule has 0 bridgehead atoms. The van der Waals surface area contributed by atoms with Gasteiger partial charge in [-0.05, 0) is 24.1 Å². The number of carbonyl (C=O) groups is 1. The van der Waals surface area contributed by atoms with Crippen LogP contribution < -0.4 is 0 Å². The Balaban J connectivity index is 2.33. The maximum absolute atomic E-state index is 11.2. The molecular weight excluding hydrogens is 232 g/mol. The number of phenols is 2. The van der Waals surface area contributed by atoms with Gasteiger partial charge in [0, 0.05) is 12.5 Å². The number of rotatable bonds is 6. The van der Waals surface area contributed by atoms with E-state index in [1.165, 1.54) is 18.2 Å². The molecule has 18 heavy (non-hydrogen) atoms. The molecule has 4 heteroatoms. The number of aromatic hydroxyl groups is 2. The second-order valence-electron chi connectivity index (χ2n) is 3.93.